The summed E-state index contributed by atoms with van der Waals surface area (Å²) in [6, 6.07) is -1.10. The molecule has 292 valence electrons. The van der Waals surface area contributed by atoms with Gasteiger partial charge < -0.3 is 55.6 Å². The van der Waals surface area contributed by atoms with Gasteiger partial charge in [0.2, 0.25) is 29.5 Å². The van der Waals surface area contributed by atoms with Gasteiger partial charge >= 0.3 is 11.9 Å². The number of hydrogen-bond donors (Lipinski definition) is 6. The van der Waals surface area contributed by atoms with Crippen LogP contribution in [0, 0.1) is 5.92 Å². The molecule has 0 saturated carbocycles. The number of nitrogens with zero attached hydrogens (tertiary/aromatic N) is 1. The number of esters is 1. The van der Waals surface area contributed by atoms with Crippen LogP contribution in [-0.4, -0.2) is 148 Å². The van der Waals surface area contributed by atoms with Crippen molar-refractivity contribution in [2.75, 3.05) is 72.9 Å². The molecule has 1 aliphatic heterocycles. The number of rotatable bonds is 30. The average Bonchev–Trinajstić information content (AvgIpc) is 3.38. The summed E-state index contributed by atoms with van der Waals surface area (Å²) in [7, 11) is 1.40. The fourth-order valence-electron chi connectivity index (χ4n) is 4.62. The number of amides is 5. The highest BCUT2D eigenvalue weighted by Crippen LogP contribution is 2.24. The van der Waals surface area contributed by atoms with Crippen LogP contribution in [-0.2, 0) is 57.2 Å². The monoisotopic (exact) mass is 733 g/mol. The van der Waals surface area contributed by atoms with E-state index in [9.17, 15) is 38.7 Å². The van der Waals surface area contributed by atoms with Gasteiger partial charge in [0, 0.05) is 71.3 Å². The largest absolute Gasteiger partial charge is 0.480 e. The highest BCUT2D eigenvalue weighted by Gasteiger charge is 2.38. The minimum atomic E-state index is -1.17. The molecule has 0 aromatic heterocycles. The smallest absolute Gasteiger partial charge is 0.320 e. The molecule has 0 bridgehead atoms. The molecule has 0 aromatic rings. The summed E-state index contributed by atoms with van der Waals surface area (Å²) in [6.07, 6.45) is 0.0480. The minimum absolute atomic E-state index is 0.0281. The van der Waals surface area contributed by atoms with E-state index in [0.29, 0.717) is 6.42 Å². The normalized spacial score (nSPS) is 16.0. The number of hydrogen-bond acceptors (Lipinski definition) is 14. The lowest BCUT2D eigenvalue weighted by atomic mass is 9.99. The topological polar surface area (TPSA) is 271 Å². The zero-order valence-electron chi connectivity index (χ0n) is 29.6. The number of likely N-dealkylation sites (tertiary alicyclic amines) is 1. The molecule has 7 N–H and O–H groups in total. The molecule has 0 spiro atoms. The molecule has 4 unspecified atom stereocenters. The van der Waals surface area contributed by atoms with Crippen molar-refractivity contribution in [2.45, 2.75) is 83.1 Å². The van der Waals surface area contributed by atoms with Crippen LogP contribution in [0.25, 0.3) is 0 Å². The Morgan fingerprint density at radius 2 is 1.53 bits per heavy atom. The second-order valence-corrected chi connectivity index (χ2v) is 11.6. The summed E-state index contributed by atoms with van der Waals surface area (Å²) in [5.41, 5.74) is 5.46. The van der Waals surface area contributed by atoms with Crippen LogP contribution >= 0.6 is 0 Å². The van der Waals surface area contributed by atoms with Crippen LogP contribution < -0.4 is 21.7 Å². The maximum absolute atomic E-state index is 12.4. The van der Waals surface area contributed by atoms with Crippen LogP contribution in [0.2, 0.25) is 0 Å². The number of aliphatic carboxylic acids is 1. The first-order valence-corrected chi connectivity index (χ1v) is 17.1. The lowest BCUT2D eigenvalue weighted by molar-refractivity contribution is -0.194. The summed E-state index contributed by atoms with van der Waals surface area (Å²) >= 11 is 0. The summed E-state index contributed by atoms with van der Waals surface area (Å²) in [5.74, 6) is -4.02. The number of carbonyl (C=O) groups excluding carboxylic acids is 6. The molecule has 1 fully saturated rings. The first-order chi connectivity index (χ1) is 24.4. The van der Waals surface area contributed by atoms with Crippen LogP contribution in [0.1, 0.15) is 64.7 Å². The number of methoxy groups -OCH3 is 1. The molecular weight excluding hydrogens is 678 g/mol. The fourth-order valence-corrected chi connectivity index (χ4v) is 4.62. The zero-order chi connectivity index (χ0) is 38.0. The Morgan fingerprint density at radius 3 is 2.16 bits per heavy atom. The zero-order valence-corrected chi connectivity index (χ0v) is 29.6. The highest BCUT2D eigenvalue weighted by atomic mass is 16.7. The van der Waals surface area contributed by atoms with Gasteiger partial charge in [0.1, 0.15) is 12.6 Å². The lowest BCUT2D eigenvalue weighted by Gasteiger charge is -2.21. The average molecular weight is 734 g/mol. The first-order valence-electron chi connectivity index (χ1n) is 17.1. The molecule has 1 aliphatic rings. The molecule has 19 nitrogen and oxygen atoms in total. The van der Waals surface area contributed by atoms with E-state index in [1.165, 1.54) is 7.11 Å². The number of ether oxygens (including phenoxy) is 5. The number of carboxylic acid groups (broad SMARTS) is 1. The molecule has 19 heteroatoms. The van der Waals surface area contributed by atoms with Crippen molar-refractivity contribution >= 4 is 41.5 Å². The quantitative estimate of drug-likeness (QED) is 0.0206. The van der Waals surface area contributed by atoms with E-state index in [0.717, 1.165) is 4.90 Å². The summed E-state index contributed by atoms with van der Waals surface area (Å²) in [6.45, 7) is 2.95. The van der Waals surface area contributed by atoms with Crippen molar-refractivity contribution in [3.63, 3.8) is 0 Å². The molecule has 4 atom stereocenters. The third-order valence-corrected chi connectivity index (χ3v) is 7.66. The molecule has 0 aliphatic carbocycles. The Bertz CT molecular complexity index is 1110. The number of aliphatic hydroxyl groups excluding tert-OH is 1. The molecule has 1 rings (SSSR count). The van der Waals surface area contributed by atoms with E-state index in [-0.39, 0.29) is 135 Å². The molecule has 0 radical (unpaired) electrons. The van der Waals surface area contributed by atoms with Gasteiger partial charge in [0.05, 0.1) is 39.1 Å². The SMILES string of the molecule is CCC(CO)OC(COC(=O)CCCC(=O)NCCNC(=O)CCOCCOCCNC(=O)CCN1C(=O)CC(CCC(N)C(=O)O)C1=O)OC. The molecule has 1 heterocycles. The Kier molecular flexibility index (Phi) is 23.9. The maximum Gasteiger partial charge on any atom is 0.320 e. The third kappa shape index (κ3) is 20.6. The summed E-state index contributed by atoms with van der Waals surface area (Å²) in [4.78, 5) is 84.4. The van der Waals surface area contributed by atoms with Gasteiger partial charge in [0.15, 0.2) is 6.29 Å². The fraction of sp³-hybridized carbons (Fsp3) is 0.781. The second-order valence-electron chi connectivity index (χ2n) is 11.6. The Morgan fingerprint density at radius 1 is 0.902 bits per heavy atom. The van der Waals surface area contributed by atoms with Gasteiger partial charge in [-0.3, -0.25) is 38.5 Å². The van der Waals surface area contributed by atoms with Gasteiger partial charge in [-0.25, -0.2) is 0 Å². The van der Waals surface area contributed by atoms with Crippen molar-refractivity contribution in [3.05, 3.63) is 0 Å². The number of imide groups is 1. The number of carbonyl (C=O) groups is 7. The third-order valence-electron chi connectivity index (χ3n) is 7.66. The van der Waals surface area contributed by atoms with Gasteiger partial charge in [0.25, 0.3) is 0 Å². The van der Waals surface area contributed by atoms with Crippen molar-refractivity contribution in [1.82, 2.24) is 20.9 Å². The van der Waals surface area contributed by atoms with Gasteiger partial charge in [-0.2, -0.15) is 0 Å². The van der Waals surface area contributed by atoms with E-state index >= 15 is 0 Å². The maximum atomic E-state index is 12.4. The summed E-state index contributed by atoms with van der Waals surface area (Å²) < 4.78 is 26.4. The predicted molar refractivity (Wildman–Crippen MR) is 177 cm³/mol. The van der Waals surface area contributed by atoms with E-state index < -0.39 is 48.1 Å². The molecular formula is C32H55N5O14. The minimum Gasteiger partial charge on any atom is -0.480 e. The Hall–Kier alpha value is -3.75. The van der Waals surface area contributed by atoms with E-state index in [1.807, 2.05) is 6.92 Å². The summed E-state index contributed by atoms with van der Waals surface area (Å²) in [5, 5.41) is 26.0. The van der Waals surface area contributed by atoms with Crippen LogP contribution in [0.4, 0.5) is 0 Å². The van der Waals surface area contributed by atoms with Crippen LogP contribution in [0.3, 0.4) is 0 Å². The molecule has 0 aromatic carbocycles. The first kappa shape index (κ1) is 45.3. The molecule has 51 heavy (non-hydrogen) atoms. The van der Waals surface area contributed by atoms with E-state index in [2.05, 4.69) is 16.0 Å². The number of aliphatic hydroxyl groups is 1. The van der Waals surface area contributed by atoms with Gasteiger partial charge in [-0.1, -0.05) is 6.92 Å². The second kappa shape index (κ2) is 27.0. The van der Waals surface area contributed by atoms with Gasteiger partial charge in [-0.15, -0.1) is 0 Å². The van der Waals surface area contributed by atoms with Gasteiger partial charge in [-0.05, 0) is 25.7 Å². The van der Waals surface area contributed by atoms with Crippen molar-refractivity contribution in [1.29, 1.82) is 0 Å². The van der Waals surface area contributed by atoms with E-state index in [1.54, 1.807) is 0 Å². The Labute approximate surface area is 297 Å². The highest BCUT2D eigenvalue weighted by molar-refractivity contribution is 6.03. The van der Waals surface area contributed by atoms with Crippen molar-refractivity contribution in [3.8, 4) is 0 Å². The van der Waals surface area contributed by atoms with Crippen LogP contribution in [0.15, 0.2) is 0 Å². The van der Waals surface area contributed by atoms with Crippen LogP contribution in [0.5, 0.6) is 0 Å². The lowest BCUT2D eigenvalue weighted by Crippen LogP contribution is -2.36. The number of carboxylic acids is 1. The number of nitrogens with two attached hydrogens (primary N) is 1. The van der Waals surface area contributed by atoms with E-state index in [4.69, 9.17) is 34.5 Å². The van der Waals surface area contributed by atoms with Crippen molar-refractivity contribution in [2.24, 2.45) is 11.7 Å². The predicted octanol–water partition coefficient (Wildman–Crippen LogP) is -1.81. The standard InChI is InChI=1S/C32H55N5O14/c1-3-23(20-38)51-30(47-2)21-50-29(43)6-4-5-25(39)34-11-12-35-27(41)10-15-48-17-18-49-16-13-36-26(40)9-14-37-28(42)19-22(31(37)44)7-8-24(33)32(45)46/h22-24,30,38H,3-21,33H2,1-2H3,(H,34,39)(H,35,41)(H,36,40)(H,45,46). The Balaban J connectivity index is 1.99. The van der Waals surface area contributed by atoms with Crippen molar-refractivity contribution < 1.29 is 67.5 Å². The molecule has 1 saturated heterocycles. The number of nitrogens with one attached hydrogen (secondary N) is 3. The molecule has 5 amide bonds.